The summed E-state index contributed by atoms with van der Waals surface area (Å²) < 4.78 is 28.3. The minimum atomic E-state index is -3.96. The highest BCUT2D eigenvalue weighted by Crippen LogP contribution is 2.29. The highest BCUT2D eigenvalue weighted by atomic mass is 32.2. The van der Waals surface area contributed by atoms with Crippen LogP contribution in [0.4, 0.5) is 10.5 Å². The zero-order valence-corrected chi connectivity index (χ0v) is 20.0. The van der Waals surface area contributed by atoms with E-state index < -0.39 is 16.1 Å². The first kappa shape index (κ1) is 22.3. The van der Waals surface area contributed by atoms with Crippen LogP contribution in [0.25, 0.3) is 16.6 Å². The van der Waals surface area contributed by atoms with Gasteiger partial charge in [-0.1, -0.05) is 18.2 Å². The number of pyridine rings is 2. The van der Waals surface area contributed by atoms with Gasteiger partial charge < -0.3 is 5.32 Å². The molecule has 0 unspecified atom stereocenters. The molecule has 0 spiro atoms. The lowest BCUT2D eigenvalue weighted by molar-refractivity contribution is 0.256. The summed E-state index contributed by atoms with van der Waals surface area (Å²) in [5.41, 5.74) is 2.11. The summed E-state index contributed by atoms with van der Waals surface area (Å²) in [5.74, 6) is 0.426. The van der Waals surface area contributed by atoms with E-state index in [-0.39, 0.29) is 9.77 Å². The average Bonchev–Trinajstić information content (AvgIpc) is 3.41. The zero-order valence-electron chi connectivity index (χ0n) is 18.4. The molecule has 0 radical (unpaired) electrons. The molecule has 1 aromatic carbocycles. The second-order valence-electron chi connectivity index (χ2n) is 8.11. The number of thiophene rings is 1. The van der Waals surface area contributed by atoms with Gasteiger partial charge in [0.25, 0.3) is 15.6 Å². The van der Waals surface area contributed by atoms with Crippen molar-refractivity contribution < 1.29 is 13.2 Å². The normalized spacial score (nSPS) is 13.7. The van der Waals surface area contributed by atoms with Crippen LogP contribution in [0.5, 0.6) is 0 Å². The van der Waals surface area contributed by atoms with E-state index in [0.717, 1.165) is 39.4 Å². The van der Waals surface area contributed by atoms with E-state index in [4.69, 9.17) is 0 Å². The summed E-state index contributed by atoms with van der Waals surface area (Å²) in [6, 6.07) is 13.0. The topological polar surface area (TPSA) is 113 Å². The van der Waals surface area contributed by atoms with Gasteiger partial charge in [-0.3, -0.25) is 14.3 Å². The molecule has 0 bridgehead atoms. The Kier molecular flexibility index (Phi) is 5.47. The molecule has 9 nitrogen and oxygen atoms in total. The number of benzene rings is 1. The lowest BCUT2D eigenvalue weighted by Crippen LogP contribution is -2.34. The number of amides is 2. The molecule has 1 aliphatic heterocycles. The van der Waals surface area contributed by atoms with Crippen LogP contribution in [0, 0.1) is 6.92 Å². The summed E-state index contributed by atoms with van der Waals surface area (Å²) in [7, 11) is -1.97. The highest BCUT2D eigenvalue weighted by molar-refractivity contribution is 7.92. The Morgan fingerprint density at radius 1 is 1.06 bits per heavy atom. The molecule has 1 aliphatic rings. The molecule has 0 fully saturated rings. The van der Waals surface area contributed by atoms with Crippen LogP contribution in [0.15, 0.2) is 63.7 Å². The summed E-state index contributed by atoms with van der Waals surface area (Å²) in [5, 5.41) is 4.04. The summed E-state index contributed by atoms with van der Waals surface area (Å²) in [6.07, 6.45) is 1.39. The standard InChI is InChI=1S/C23H21N5O4S2/c1-14-7-10-21(33-14)34(31,32)26-23(30)25-15-8-9-20(24-11-15)28-19-13-27(2)12-18(19)16-5-3-4-6-17(16)22(28)29/h3-11H,12-13H2,1-2H3,(H2,25,26,30). The minimum absolute atomic E-state index is 0.0584. The van der Waals surface area contributed by atoms with Crippen molar-refractivity contribution in [2.24, 2.45) is 0 Å². The van der Waals surface area contributed by atoms with Gasteiger partial charge in [0.15, 0.2) is 0 Å². The molecule has 5 rings (SSSR count). The molecule has 0 atom stereocenters. The van der Waals surface area contributed by atoms with Crippen molar-refractivity contribution in [2.75, 3.05) is 12.4 Å². The molecular weight excluding hydrogens is 474 g/mol. The van der Waals surface area contributed by atoms with E-state index in [1.54, 1.807) is 29.7 Å². The fourth-order valence-electron chi connectivity index (χ4n) is 4.11. The quantitative estimate of drug-likeness (QED) is 0.450. The first-order valence-electron chi connectivity index (χ1n) is 10.4. The third kappa shape index (κ3) is 3.98. The van der Waals surface area contributed by atoms with Crippen LogP contribution in [-0.4, -0.2) is 35.9 Å². The van der Waals surface area contributed by atoms with Crippen LogP contribution < -0.4 is 15.6 Å². The second-order valence-corrected chi connectivity index (χ2v) is 11.3. The number of carbonyl (C=O) groups excluding carboxylic acids is 1. The number of rotatable bonds is 4. The predicted octanol–water partition coefficient (Wildman–Crippen LogP) is 3.21. The van der Waals surface area contributed by atoms with Gasteiger partial charge in [-0.25, -0.2) is 22.9 Å². The number of nitrogens with one attached hydrogen (secondary N) is 2. The molecule has 2 amide bonds. The van der Waals surface area contributed by atoms with Crippen molar-refractivity contribution >= 4 is 43.9 Å². The number of fused-ring (bicyclic) bond motifs is 3. The Morgan fingerprint density at radius 3 is 2.50 bits per heavy atom. The molecule has 2 N–H and O–H groups in total. The van der Waals surface area contributed by atoms with Crippen LogP contribution >= 0.6 is 11.3 Å². The van der Waals surface area contributed by atoms with Crippen molar-refractivity contribution in [1.29, 1.82) is 0 Å². The zero-order chi connectivity index (χ0) is 24.0. The number of aryl methyl sites for hydroxylation is 1. The lowest BCUT2D eigenvalue weighted by Gasteiger charge is -2.14. The smallest absolute Gasteiger partial charge is 0.306 e. The molecule has 4 aromatic rings. The average molecular weight is 496 g/mol. The number of hydrogen-bond acceptors (Lipinski definition) is 7. The number of sulfonamides is 1. The molecule has 11 heteroatoms. The fraction of sp³-hybridized carbons (Fsp3) is 0.174. The van der Waals surface area contributed by atoms with E-state index in [1.807, 2.05) is 36.0 Å². The van der Waals surface area contributed by atoms with Gasteiger partial charge in [0.2, 0.25) is 0 Å². The van der Waals surface area contributed by atoms with Gasteiger partial charge in [0.1, 0.15) is 10.0 Å². The Morgan fingerprint density at radius 2 is 1.82 bits per heavy atom. The number of hydrogen-bond donors (Lipinski definition) is 2. The third-order valence-electron chi connectivity index (χ3n) is 5.59. The Balaban J connectivity index is 1.42. The summed E-state index contributed by atoms with van der Waals surface area (Å²) in [6.45, 7) is 3.12. The molecule has 0 saturated heterocycles. The van der Waals surface area contributed by atoms with Crippen LogP contribution in [-0.2, 0) is 23.1 Å². The second kappa shape index (κ2) is 8.35. The first-order chi connectivity index (χ1) is 16.2. The van der Waals surface area contributed by atoms with Crippen molar-refractivity contribution in [3.63, 3.8) is 0 Å². The van der Waals surface area contributed by atoms with Gasteiger partial charge in [0.05, 0.1) is 11.9 Å². The third-order valence-corrected chi connectivity index (χ3v) is 8.42. The molecule has 174 valence electrons. The Labute approximate surface area is 199 Å². The summed E-state index contributed by atoms with van der Waals surface area (Å²) in [4.78, 5) is 32.9. The SMILES string of the molecule is Cc1ccc(S(=O)(=O)NC(=O)Nc2ccc(-n3c4c(c5ccccc5c3=O)CN(C)C4)nc2)s1. The number of urea groups is 1. The molecule has 3 aromatic heterocycles. The van der Waals surface area contributed by atoms with Crippen molar-refractivity contribution in [3.05, 3.63) is 81.2 Å². The minimum Gasteiger partial charge on any atom is -0.306 e. The Bertz CT molecular complexity index is 1590. The van der Waals surface area contributed by atoms with Gasteiger partial charge in [-0.15, -0.1) is 11.3 Å². The predicted molar refractivity (Wildman–Crippen MR) is 131 cm³/mol. The van der Waals surface area contributed by atoms with Crippen LogP contribution in [0.1, 0.15) is 16.1 Å². The lowest BCUT2D eigenvalue weighted by atomic mass is 10.1. The monoisotopic (exact) mass is 495 g/mol. The van der Waals surface area contributed by atoms with Crippen LogP contribution in [0.3, 0.4) is 0 Å². The maximum Gasteiger partial charge on any atom is 0.333 e. The molecule has 4 heterocycles. The first-order valence-corrected chi connectivity index (χ1v) is 12.7. The van der Waals surface area contributed by atoms with Gasteiger partial charge in [-0.05, 0) is 55.3 Å². The number of carbonyl (C=O) groups is 1. The molecular formula is C23H21N5O4S2. The molecule has 34 heavy (non-hydrogen) atoms. The van der Waals surface area contributed by atoms with E-state index >= 15 is 0 Å². The number of aromatic nitrogens is 2. The number of anilines is 1. The summed E-state index contributed by atoms with van der Waals surface area (Å²) >= 11 is 1.08. The van der Waals surface area contributed by atoms with Crippen molar-refractivity contribution in [3.8, 4) is 5.82 Å². The van der Waals surface area contributed by atoms with Crippen molar-refractivity contribution in [2.45, 2.75) is 24.2 Å². The van der Waals surface area contributed by atoms with Crippen molar-refractivity contribution in [1.82, 2.24) is 19.2 Å². The van der Waals surface area contributed by atoms with E-state index in [2.05, 4.69) is 15.2 Å². The fourth-order valence-corrected chi connectivity index (χ4v) is 6.30. The van der Waals surface area contributed by atoms with Gasteiger partial charge >= 0.3 is 6.03 Å². The van der Waals surface area contributed by atoms with Gasteiger partial charge in [0, 0.05) is 29.0 Å². The molecule has 0 saturated carbocycles. The molecule has 0 aliphatic carbocycles. The maximum absolute atomic E-state index is 13.3. The van der Waals surface area contributed by atoms with E-state index in [1.165, 1.54) is 12.3 Å². The van der Waals surface area contributed by atoms with Crippen LogP contribution in [0.2, 0.25) is 0 Å². The van der Waals surface area contributed by atoms with E-state index in [9.17, 15) is 18.0 Å². The number of nitrogens with zero attached hydrogens (tertiary/aromatic N) is 3. The largest absolute Gasteiger partial charge is 0.333 e. The maximum atomic E-state index is 13.3. The highest BCUT2D eigenvalue weighted by Gasteiger charge is 2.25. The van der Waals surface area contributed by atoms with E-state index in [0.29, 0.717) is 23.4 Å². The Hall–Kier alpha value is -3.54. The van der Waals surface area contributed by atoms with Gasteiger partial charge in [-0.2, -0.15) is 0 Å².